The lowest BCUT2D eigenvalue weighted by molar-refractivity contribution is 1.08. The van der Waals surface area contributed by atoms with Crippen LogP contribution in [-0.2, 0) is 0 Å². The van der Waals surface area contributed by atoms with Crippen molar-refractivity contribution in [1.29, 1.82) is 0 Å². The van der Waals surface area contributed by atoms with Crippen LogP contribution in [0.4, 0.5) is 0 Å². The van der Waals surface area contributed by atoms with Gasteiger partial charge in [0.05, 0.1) is 0 Å². The zero-order valence-electron chi connectivity index (χ0n) is 29.5. The largest absolute Gasteiger partial charge is 0.208 e. The number of nitrogens with zero attached hydrogens (tertiary/aromatic N) is 3. The van der Waals surface area contributed by atoms with Crippen molar-refractivity contribution in [3.8, 4) is 34.2 Å². The Morgan fingerprint density at radius 1 is 0.309 bits per heavy atom. The van der Waals surface area contributed by atoms with Crippen LogP contribution in [0, 0.1) is 0 Å². The van der Waals surface area contributed by atoms with E-state index in [1.807, 2.05) is 29.5 Å². The zero-order valence-corrected chi connectivity index (χ0v) is 30.3. The van der Waals surface area contributed by atoms with Crippen molar-refractivity contribution in [3.63, 3.8) is 0 Å². The van der Waals surface area contributed by atoms with Crippen molar-refractivity contribution in [1.82, 2.24) is 15.0 Å². The van der Waals surface area contributed by atoms with E-state index < -0.39 is 0 Å². The molecule has 0 bridgehead atoms. The Morgan fingerprint density at radius 2 is 0.818 bits per heavy atom. The topological polar surface area (TPSA) is 38.7 Å². The van der Waals surface area contributed by atoms with Crippen molar-refractivity contribution >= 4 is 96.1 Å². The second kappa shape index (κ2) is 11.7. The molecule has 0 radical (unpaired) electrons. The van der Waals surface area contributed by atoms with Crippen LogP contribution in [0.15, 0.2) is 176 Å². The molecule has 0 fully saturated rings. The monoisotopic (exact) mass is 715 g/mol. The first-order valence-electron chi connectivity index (χ1n) is 18.6. The molecule has 0 N–H and O–H groups in total. The van der Waals surface area contributed by atoms with Gasteiger partial charge in [-0.15, -0.1) is 11.3 Å². The van der Waals surface area contributed by atoms with Gasteiger partial charge in [-0.25, -0.2) is 15.0 Å². The summed E-state index contributed by atoms with van der Waals surface area (Å²) in [6.07, 6.45) is 0. The summed E-state index contributed by atoms with van der Waals surface area (Å²) in [5.74, 6) is 1.98. The molecular weight excluding hydrogens is 687 g/mol. The van der Waals surface area contributed by atoms with Gasteiger partial charge in [-0.2, -0.15) is 0 Å². The minimum Gasteiger partial charge on any atom is -0.208 e. The molecule has 10 aromatic carbocycles. The van der Waals surface area contributed by atoms with Crippen molar-refractivity contribution in [2.24, 2.45) is 0 Å². The van der Waals surface area contributed by atoms with Crippen LogP contribution >= 0.6 is 11.3 Å². The fourth-order valence-electron chi connectivity index (χ4n) is 8.76. The van der Waals surface area contributed by atoms with E-state index in [1.54, 1.807) is 0 Å². The summed E-state index contributed by atoms with van der Waals surface area (Å²) in [6, 6.07) is 63.1. The average Bonchev–Trinajstić information content (AvgIpc) is 3.63. The fraction of sp³-hybridized carbons (Fsp3) is 0. The first kappa shape index (κ1) is 30.5. The Kier molecular flexibility index (Phi) is 6.50. The van der Waals surface area contributed by atoms with Crippen molar-refractivity contribution < 1.29 is 0 Å². The normalized spacial score (nSPS) is 12.0. The Balaban J connectivity index is 1.19. The molecular formula is C51H29N3S. The molecule has 0 saturated heterocycles. The number of rotatable bonds is 3. The highest BCUT2D eigenvalue weighted by Crippen LogP contribution is 2.48. The lowest BCUT2D eigenvalue weighted by Gasteiger charge is -2.13. The smallest absolute Gasteiger partial charge is 0.165 e. The molecule has 12 aromatic rings. The number of hydrogen-bond acceptors (Lipinski definition) is 4. The second-order valence-corrected chi connectivity index (χ2v) is 15.4. The third-order valence-corrected chi connectivity index (χ3v) is 12.4. The predicted octanol–water partition coefficient (Wildman–Crippen LogP) is 14.2. The molecule has 0 saturated carbocycles. The number of aromatic nitrogens is 3. The molecule has 0 aliphatic carbocycles. The Morgan fingerprint density at radius 3 is 1.60 bits per heavy atom. The van der Waals surface area contributed by atoms with Gasteiger partial charge in [0.1, 0.15) is 0 Å². The molecule has 0 aliphatic rings. The molecule has 12 rings (SSSR count). The van der Waals surface area contributed by atoms with Gasteiger partial charge >= 0.3 is 0 Å². The summed E-state index contributed by atoms with van der Waals surface area (Å²) < 4.78 is 2.50. The van der Waals surface area contributed by atoms with Crippen molar-refractivity contribution in [3.05, 3.63) is 176 Å². The van der Waals surface area contributed by atoms with Gasteiger partial charge in [0.15, 0.2) is 17.5 Å². The average molecular weight is 716 g/mol. The first-order valence-corrected chi connectivity index (χ1v) is 19.4. The molecule has 4 heteroatoms. The summed E-state index contributed by atoms with van der Waals surface area (Å²) in [4.78, 5) is 15.9. The SMILES string of the molecule is c1ccc(-c2nc(-c3ccc4c(ccc5ccccc54)c3)nc(-c3c4ccccc4cc4sc5c(ccc6c7ccccc7c7ccccc7c65)c34)n2)cc1. The van der Waals surface area contributed by atoms with Gasteiger partial charge in [-0.3, -0.25) is 0 Å². The molecule has 254 valence electrons. The standard InChI is InChI=1S/C51H29N3S/c1-2-13-31(14-3-1)49-52-50(34-24-25-36-33(28-34)23-22-30-12-4-6-16-35(30)36)54-51(53-49)47-37-17-7-5-15-32(37)29-44-46(47)43-27-26-42-40-20-9-8-18-38(40)39-19-10-11-21-41(39)45(42)48(43)55-44/h1-29H. The molecule has 55 heavy (non-hydrogen) atoms. The molecule has 0 spiro atoms. The van der Waals surface area contributed by atoms with E-state index in [0.29, 0.717) is 17.5 Å². The van der Waals surface area contributed by atoms with Gasteiger partial charge in [-0.05, 0) is 71.4 Å². The fourth-order valence-corrected chi connectivity index (χ4v) is 10.1. The highest BCUT2D eigenvalue weighted by molar-refractivity contribution is 7.27. The summed E-state index contributed by atoms with van der Waals surface area (Å²) in [6.45, 7) is 0. The van der Waals surface area contributed by atoms with Crippen LogP contribution in [0.3, 0.4) is 0 Å². The molecule has 0 aliphatic heterocycles. The molecule has 2 heterocycles. The molecule has 3 nitrogen and oxygen atoms in total. The first-order chi connectivity index (χ1) is 27.3. The van der Waals surface area contributed by atoms with E-state index in [9.17, 15) is 0 Å². The Labute approximate surface area is 319 Å². The van der Waals surface area contributed by atoms with Gasteiger partial charge in [0, 0.05) is 42.2 Å². The number of hydrogen-bond donors (Lipinski definition) is 0. The number of benzene rings is 10. The van der Waals surface area contributed by atoms with E-state index >= 15 is 0 Å². The van der Waals surface area contributed by atoms with E-state index in [0.717, 1.165) is 32.8 Å². The minimum atomic E-state index is 0.655. The van der Waals surface area contributed by atoms with Crippen LogP contribution < -0.4 is 0 Å². The predicted molar refractivity (Wildman–Crippen MR) is 234 cm³/mol. The van der Waals surface area contributed by atoms with Crippen LogP contribution in [-0.4, -0.2) is 15.0 Å². The lowest BCUT2D eigenvalue weighted by atomic mass is 9.92. The molecule has 0 atom stereocenters. The third-order valence-electron chi connectivity index (χ3n) is 11.3. The van der Waals surface area contributed by atoms with Gasteiger partial charge in [0.2, 0.25) is 0 Å². The summed E-state index contributed by atoms with van der Waals surface area (Å²) in [5.41, 5.74) is 2.95. The summed E-state index contributed by atoms with van der Waals surface area (Å²) >= 11 is 1.87. The highest BCUT2D eigenvalue weighted by atomic mass is 32.1. The molecule has 0 amide bonds. The Bertz CT molecular complexity index is 3510. The maximum absolute atomic E-state index is 5.39. The summed E-state index contributed by atoms with van der Waals surface area (Å²) in [7, 11) is 0. The zero-order chi connectivity index (χ0) is 36.0. The molecule has 2 aromatic heterocycles. The third kappa shape index (κ3) is 4.59. The van der Waals surface area contributed by atoms with Gasteiger partial charge < -0.3 is 0 Å². The quantitative estimate of drug-likeness (QED) is 0.171. The molecule has 0 unspecified atom stereocenters. The van der Waals surface area contributed by atoms with Crippen LogP contribution in [0.5, 0.6) is 0 Å². The van der Waals surface area contributed by atoms with E-state index in [4.69, 9.17) is 15.0 Å². The van der Waals surface area contributed by atoms with Gasteiger partial charge in [-0.1, -0.05) is 164 Å². The van der Waals surface area contributed by atoms with Crippen LogP contribution in [0.1, 0.15) is 0 Å². The van der Waals surface area contributed by atoms with E-state index in [2.05, 4.69) is 158 Å². The lowest BCUT2D eigenvalue weighted by Crippen LogP contribution is -2.01. The summed E-state index contributed by atoms with van der Waals surface area (Å²) in [5, 5.41) is 17.2. The van der Waals surface area contributed by atoms with Crippen LogP contribution in [0.2, 0.25) is 0 Å². The maximum Gasteiger partial charge on any atom is 0.165 e. The second-order valence-electron chi connectivity index (χ2n) is 14.3. The minimum absolute atomic E-state index is 0.655. The number of fused-ring (bicyclic) bond motifs is 14. The van der Waals surface area contributed by atoms with E-state index in [-0.39, 0.29) is 0 Å². The van der Waals surface area contributed by atoms with Crippen molar-refractivity contribution in [2.75, 3.05) is 0 Å². The maximum atomic E-state index is 5.39. The van der Waals surface area contributed by atoms with Crippen molar-refractivity contribution in [2.45, 2.75) is 0 Å². The van der Waals surface area contributed by atoms with E-state index in [1.165, 1.54) is 68.6 Å². The number of thiophene rings is 1. The van der Waals surface area contributed by atoms with Gasteiger partial charge in [0.25, 0.3) is 0 Å². The highest BCUT2D eigenvalue weighted by Gasteiger charge is 2.22. The van der Waals surface area contributed by atoms with Crippen LogP contribution in [0.25, 0.3) is 119 Å². The Hall–Kier alpha value is -7.01.